The number of nitrogens with one attached hydrogen (secondary N) is 2. The zero-order valence-electron chi connectivity index (χ0n) is 21.2. The molecule has 0 bridgehead atoms. The van der Waals surface area contributed by atoms with E-state index in [0.29, 0.717) is 23.8 Å². The second-order valence-electron chi connectivity index (χ2n) is 9.44. The van der Waals surface area contributed by atoms with Crippen LogP contribution in [-0.4, -0.2) is 78.6 Å². The number of carbonyl (C=O) groups is 1. The second kappa shape index (κ2) is 9.94. The molecule has 13 heteroatoms. The number of alkyl halides is 1. The number of H-pyrrole nitrogens is 1. The third-order valence-corrected chi connectivity index (χ3v) is 8.15. The molecule has 1 amide bonds. The van der Waals surface area contributed by atoms with Gasteiger partial charge in [0.1, 0.15) is 11.5 Å². The van der Waals surface area contributed by atoms with Gasteiger partial charge in [-0.2, -0.15) is 5.10 Å². The number of aromatic amines is 1. The fourth-order valence-corrected chi connectivity index (χ4v) is 5.57. The molecule has 1 aromatic carbocycles. The number of amides is 1. The number of benzene rings is 1. The molecule has 196 valence electrons. The van der Waals surface area contributed by atoms with Gasteiger partial charge in [0.05, 0.1) is 29.8 Å². The summed E-state index contributed by atoms with van der Waals surface area (Å²) in [5.74, 6) is 1.31. The summed E-state index contributed by atoms with van der Waals surface area (Å²) >= 11 is 2.36. The Labute approximate surface area is 232 Å². The van der Waals surface area contributed by atoms with Crippen molar-refractivity contribution in [2.24, 2.45) is 0 Å². The molecule has 0 spiro atoms. The number of carbonyl (C=O) groups excluding carboxylic acids is 1. The maximum absolute atomic E-state index is 13.4. The molecule has 0 aliphatic carbocycles. The summed E-state index contributed by atoms with van der Waals surface area (Å²) in [5, 5.41) is 23.6. The van der Waals surface area contributed by atoms with Crippen LogP contribution in [-0.2, 0) is 9.53 Å². The highest BCUT2D eigenvalue weighted by molar-refractivity contribution is 14.1. The van der Waals surface area contributed by atoms with Gasteiger partial charge in [0.2, 0.25) is 5.95 Å². The van der Waals surface area contributed by atoms with Crippen molar-refractivity contribution in [3.05, 3.63) is 47.8 Å². The molecule has 3 aromatic heterocycles. The minimum Gasteiger partial charge on any atom is -0.374 e. The Balaban J connectivity index is 1.28. The van der Waals surface area contributed by atoms with Gasteiger partial charge in [-0.3, -0.25) is 9.89 Å². The van der Waals surface area contributed by atoms with Gasteiger partial charge < -0.3 is 19.9 Å². The predicted molar refractivity (Wildman–Crippen MR) is 152 cm³/mol. The van der Waals surface area contributed by atoms with Crippen molar-refractivity contribution in [3.63, 3.8) is 0 Å². The smallest absolute Gasteiger partial charge is 0.255 e. The lowest BCUT2D eigenvalue weighted by atomic mass is 10.0. The van der Waals surface area contributed by atoms with Crippen molar-refractivity contribution in [2.75, 3.05) is 46.3 Å². The highest BCUT2D eigenvalue weighted by Crippen LogP contribution is 2.34. The van der Waals surface area contributed by atoms with E-state index in [1.807, 2.05) is 56.3 Å². The van der Waals surface area contributed by atoms with Gasteiger partial charge in [-0.05, 0) is 54.6 Å². The molecule has 2 aliphatic rings. The van der Waals surface area contributed by atoms with E-state index in [1.165, 1.54) is 0 Å². The highest BCUT2D eigenvalue weighted by atomic mass is 127. The third-order valence-electron chi connectivity index (χ3n) is 7.17. The van der Waals surface area contributed by atoms with Crippen LogP contribution in [0.2, 0.25) is 0 Å². The van der Waals surface area contributed by atoms with Gasteiger partial charge in [-0.25, -0.2) is 9.67 Å². The molecule has 5 heterocycles. The lowest BCUT2D eigenvalue weighted by molar-refractivity contribution is -0.113. The minimum atomic E-state index is -0.299. The first-order chi connectivity index (χ1) is 18.4. The molecular weight excluding hydrogens is 599 g/mol. The molecule has 2 N–H and O–H groups in total. The third kappa shape index (κ3) is 4.28. The molecule has 38 heavy (non-hydrogen) atoms. The fourth-order valence-electron chi connectivity index (χ4n) is 5.04. The van der Waals surface area contributed by atoms with Crippen molar-refractivity contribution in [2.45, 2.75) is 26.0 Å². The molecule has 2 aliphatic heterocycles. The number of fused-ring (bicyclic) bond motifs is 2. The van der Waals surface area contributed by atoms with Crippen LogP contribution in [0.4, 0.5) is 17.5 Å². The Morgan fingerprint density at radius 2 is 2.16 bits per heavy atom. The Bertz CT molecular complexity index is 1550. The summed E-state index contributed by atoms with van der Waals surface area (Å²) in [6.45, 7) is 6.12. The molecule has 12 nitrogen and oxygen atoms in total. The average molecular weight is 626 g/mol. The number of aromatic nitrogens is 7. The lowest BCUT2D eigenvalue weighted by Crippen LogP contribution is -2.43. The Kier molecular flexibility index (Phi) is 6.47. The SMILES string of the molecule is CC1=C(C(=O)Nc2ccc3[nH]nc(-c4ccnc(N5CCO[C@H](CI)C5)c4)c3c2)C(C)n2nnnc2N1C. The average Bonchev–Trinajstić information content (AvgIpc) is 3.60. The normalized spacial score (nSPS) is 19.7. The minimum absolute atomic E-state index is 0.198. The predicted octanol–water partition coefficient (Wildman–Crippen LogP) is 3.18. The van der Waals surface area contributed by atoms with Crippen molar-refractivity contribution >= 4 is 56.9 Å². The lowest BCUT2D eigenvalue weighted by Gasteiger charge is -2.33. The molecular formula is C25H27IN10O2. The van der Waals surface area contributed by atoms with Gasteiger partial charge in [0.15, 0.2) is 0 Å². The highest BCUT2D eigenvalue weighted by Gasteiger charge is 2.32. The van der Waals surface area contributed by atoms with Crippen molar-refractivity contribution in [1.82, 2.24) is 35.4 Å². The first kappa shape index (κ1) is 24.7. The molecule has 1 saturated heterocycles. The van der Waals surface area contributed by atoms with Crippen LogP contribution in [0.25, 0.3) is 22.2 Å². The summed E-state index contributed by atoms with van der Waals surface area (Å²) < 4.78 is 8.40. The quantitative estimate of drug-likeness (QED) is 0.254. The van der Waals surface area contributed by atoms with Crippen LogP contribution >= 0.6 is 22.6 Å². The van der Waals surface area contributed by atoms with Crippen molar-refractivity contribution in [1.29, 1.82) is 0 Å². The van der Waals surface area contributed by atoms with Gasteiger partial charge >= 0.3 is 0 Å². The van der Waals surface area contributed by atoms with Crippen LogP contribution in [0, 0.1) is 0 Å². The molecule has 6 rings (SSSR count). The zero-order chi connectivity index (χ0) is 26.4. The summed E-state index contributed by atoms with van der Waals surface area (Å²) in [6, 6.07) is 9.46. The maximum Gasteiger partial charge on any atom is 0.255 e. The second-order valence-corrected chi connectivity index (χ2v) is 10.3. The number of hydrogen-bond acceptors (Lipinski definition) is 9. The van der Waals surface area contributed by atoms with Gasteiger partial charge in [0, 0.05) is 53.1 Å². The van der Waals surface area contributed by atoms with E-state index in [-0.39, 0.29) is 18.1 Å². The van der Waals surface area contributed by atoms with Crippen LogP contribution in [0.1, 0.15) is 19.9 Å². The van der Waals surface area contributed by atoms with Gasteiger partial charge in [0.25, 0.3) is 5.91 Å². The monoisotopic (exact) mass is 626 g/mol. The maximum atomic E-state index is 13.4. The molecule has 1 fully saturated rings. The van der Waals surface area contributed by atoms with Gasteiger partial charge in [-0.1, -0.05) is 27.7 Å². The van der Waals surface area contributed by atoms with Crippen LogP contribution in [0.3, 0.4) is 0 Å². The van der Waals surface area contributed by atoms with Crippen LogP contribution in [0.15, 0.2) is 47.8 Å². The van der Waals surface area contributed by atoms with Crippen LogP contribution < -0.4 is 15.1 Å². The van der Waals surface area contributed by atoms with E-state index in [1.54, 1.807) is 4.68 Å². The summed E-state index contributed by atoms with van der Waals surface area (Å²) in [5.41, 5.74) is 4.73. The van der Waals surface area contributed by atoms with Crippen molar-refractivity contribution in [3.8, 4) is 11.3 Å². The molecule has 2 atom stereocenters. The molecule has 4 aromatic rings. The summed E-state index contributed by atoms with van der Waals surface area (Å²) in [4.78, 5) is 22.1. The number of pyridine rings is 1. The first-order valence-electron chi connectivity index (χ1n) is 12.4. The number of hydrogen-bond donors (Lipinski definition) is 2. The number of anilines is 3. The zero-order valence-corrected chi connectivity index (χ0v) is 23.4. The van der Waals surface area contributed by atoms with E-state index >= 15 is 0 Å². The Morgan fingerprint density at radius 3 is 3.00 bits per heavy atom. The fraction of sp³-hybridized carbons (Fsp3) is 0.360. The number of allylic oxidation sites excluding steroid dienone is 1. The Morgan fingerprint density at radius 1 is 1.29 bits per heavy atom. The van der Waals surface area contributed by atoms with E-state index in [4.69, 9.17) is 4.74 Å². The van der Waals surface area contributed by atoms with Crippen molar-refractivity contribution < 1.29 is 9.53 Å². The van der Waals surface area contributed by atoms with E-state index in [0.717, 1.165) is 51.2 Å². The number of halogens is 1. The number of rotatable bonds is 5. The van der Waals surface area contributed by atoms with Gasteiger partial charge in [-0.15, -0.1) is 0 Å². The molecule has 0 radical (unpaired) electrons. The van der Waals surface area contributed by atoms with E-state index in [9.17, 15) is 4.79 Å². The van der Waals surface area contributed by atoms with E-state index < -0.39 is 0 Å². The number of morpholine rings is 1. The number of tetrazole rings is 1. The summed E-state index contributed by atoms with van der Waals surface area (Å²) in [7, 11) is 1.85. The topological polar surface area (TPSA) is 130 Å². The largest absolute Gasteiger partial charge is 0.374 e. The summed E-state index contributed by atoms with van der Waals surface area (Å²) in [6.07, 6.45) is 2.01. The Hall–Kier alpha value is -3.59. The standard InChI is InChI=1S/C25H27IN10O2/c1-14-22(15(2)36-25(34(14)3)31-32-33-36)24(37)28-17-4-5-20-19(11-17)23(30-29-20)16-6-7-27-21(10-16)35-8-9-38-18(12-26)13-35/h4-7,10-11,15,18H,8-9,12-13H2,1-3H3,(H,28,37)(H,29,30)/t15?,18-/m1/s1. The van der Waals surface area contributed by atoms with E-state index in [2.05, 4.69) is 69.6 Å². The number of nitrogens with zero attached hydrogens (tertiary/aromatic N) is 8. The number of ether oxygens (including phenoxy) is 1. The molecule has 0 saturated carbocycles. The van der Waals surface area contributed by atoms with Crippen LogP contribution in [0.5, 0.6) is 0 Å². The molecule has 1 unspecified atom stereocenters. The first-order valence-corrected chi connectivity index (χ1v) is 13.9.